The number of halogens is 2. The Hall–Kier alpha value is -2.66. The number of nitrogen functional groups attached to an aromatic ring is 1. The smallest absolute Gasteiger partial charge is 0.321 e. The van der Waals surface area contributed by atoms with Crippen molar-refractivity contribution in [2.24, 2.45) is 0 Å². The third kappa shape index (κ3) is 5.16. The van der Waals surface area contributed by atoms with Crippen LogP contribution in [0.5, 0.6) is 0 Å². The summed E-state index contributed by atoms with van der Waals surface area (Å²) in [5.41, 5.74) is 6.54. The quantitative estimate of drug-likeness (QED) is 0.369. The summed E-state index contributed by atoms with van der Waals surface area (Å²) in [6.45, 7) is 0. The van der Waals surface area contributed by atoms with Gasteiger partial charge in [0.15, 0.2) is 20.7 Å². The number of methoxy groups -OCH3 is 1. The van der Waals surface area contributed by atoms with Gasteiger partial charge in [-0.1, -0.05) is 40.6 Å². The molecule has 0 radical (unpaired) electrons. The van der Waals surface area contributed by atoms with Crippen LogP contribution in [0.1, 0.15) is 15.2 Å². The molecule has 1 heterocycles. The fourth-order valence-corrected chi connectivity index (χ4v) is 5.11. The molecule has 12 heteroatoms. The van der Waals surface area contributed by atoms with Crippen LogP contribution in [0.25, 0.3) is 0 Å². The number of rotatable bonds is 7. The van der Waals surface area contributed by atoms with Crippen molar-refractivity contribution in [2.75, 3.05) is 23.9 Å². The molecular formula is C19H15Cl2N3O5S2. The minimum Gasteiger partial charge on any atom is -0.468 e. The average Bonchev–Trinajstić information content (AvgIpc) is 3.07. The zero-order valence-corrected chi connectivity index (χ0v) is 19.0. The zero-order chi connectivity index (χ0) is 22.8. The van der Waals surface area contributed by atoms with E-state index in [0.29, 0.717) is 10.8 Å². The lowest BCUT2D eigenvalue weighted by Crippen LogP contribution is -2.17. The first kappa shape index (κ1) is 23.0. The summed E-state index contributed by atoms with van der Waals surface area (Å²) in [4.78, 5) is 28.4. The number of hydrogen-bond acceptors (Lipinski definition) is 9. The number of aromatic nitrogens is 1. The number of thiazole rings is 1. The minimum absolute atomic E-state index is 0.00534. The number of sulfone groups is 1. The number of nitrogens with one attached hydrogen (secondary N) is 1. The van der Waals surface area contributed by atoms with Gasteiger partial charge in [0.2, 0.25) is 5.78 Å². The fourth-order valence-electron chi connectivity index (χ4n) is 2.54. The van der Waals surface area contributed by atoms with Gasteiger partial charge in [0, 0.05) is 5.69 Å². The van der Waals surface area contributed by atoms with Gasteiger partial charge in [-0.2, -0.15) is 0 Å². The first-order valence-corrected chi connectivity index (χ1v) is 11.8. The van der Waals surface area contributed by atoms with E-state index in [-0.39, 0.29) is 31.2 Å². The van der Waals surface area contributed by atoms with Crippen molar-refractivity contribution < 1.29 is 22.7 Å². The number of benzene rings is 2. The minimum atomic E-state index is -3.82. The number of esters is 1. The lowest BCUT2D eigenvalue weighted by molar-refractivity contribution is -0.137. The van der Waals surface area contributed by atoms with Crippen molar-refractivity contribution in [3.8, 4) is 0 Å². The molecule has 1 aromatic heterocycles. The largest absolute Gasteiger partial charge is 0.468 e. The summed E-state index contributed by atoms with van der Waals surface area (Å²) >= 11 is 13.2. The molecule has 0 aliphatic heterocycles. The average molecular weight is 500 g/mol. The molecule has 3 aromatic rings. The number of ether oxygens (including phenoxy) is 1. The molecule has 0 spiro atoms. The summed E-state index contributed by atoms with van der Waals surface area (Å²) in [7, 11) is -2.70. The first-order valence-electron chi connectivity index (χ1n) is 8.54. The molecule has 0 aliphatic carbocycles. The molecule has 0 saturated heterocycles. The van der Waals surface area contributed by atoms with E-state index in [1.165, 1.54) is 24.3 Å². The van der Waals surface area contributed by atoms with Crippen LogP contribution >= 0.6 is 34.5 Å². The monoisotopic (exact) mass is 499 g/mol. The van der Waals surface area contributed by atoms with Gasteiger partial charge in [-0.25, -0.2) is 13.4 Å². The predicted molar refractivity (Wildman–Crippen MR) is 120 cm³/mol. The number of carbonyl (C=O) groups is 2. The second-order valence-electron chi connectivity index (χ2n) is 6.14. The van der Waals surface area contributed by atoms with Gasteiger partial charge >= 0.3 is 5.97 Å². The second kappa shape index (κ2) is 9.23. The molecular weight excluding hydrogens is 485 g/mol. The van der Waals surface area contributed by atoms with Gasteiger partial charge in [0.1, 0.15) is 10.7 Å². The van der Waals surface area contributed by atoms with E-state index in [1.807, 2.05) is 0 Å². The van der Waals surface area contributed by atoms with Gasteiger partial charge in [-0.3, -0.25) is 9.59 Å². The number of nitrogens with zero attached hydrogens (tertiary/aromatic N) is 1. The summed E-state index contributed by atoms with van der Waals surface area (Å²) in [6.07, 6.45) is 0. The van der Waals surface area contributed by atoms with Crippen molar-refractivity contribution in [1.29, 1.82) is 0 Å². The van der Waals surface area contributed by atoms with E-state index >= 15 is 0 Å². The van der Waals surface area contributed by atoms with Crippen LogP contribution in [0.15, 0.2) is 47.4 Å². The number of anilines is 3. The van der Waals surface area contributed by atoms with Crippen LogP contribution < -0.4 is 11.1 Å². The van der Waals surface area contributed by atoms with E-state index in [0.717, 1.165) is 18.4 Å². The van der Waals surface area contributed by atoms with Gasteiger partial charge in [0.25, 0.3) is 0 Å². The Labute approximate surface area is 191 Å². The molecule has 2 aromatic carbocycles. The third-order valence-corrected chi connectivity index (χ3v) is 7.27. The number of ketones is 1. The second-order valence-corrected chi connectivity index (χ2v) is 9.95. The Kier molecular flexibility index (Phi) is 6.85. The van der Waals surface area contributed by atoms with Crippen molar-refractivity contribution >= 4 is 72.8 Å². The molecule has 0 fully saturated rings. The molecule has 0 atom stereocenters. The highest BCUT2D eigenvalue weighted by atomic mass is 35.5. The molecule has 8 nitrogen and oxygen atoms in total. The topological polar surface area (TPSA) is 128 Å². The van der Waals surface area contributed by atoms with Crippen LogP contribution in [0, 0.1) is 0 Å². The predicted octanol–water partition coefficient (Wildman–Crippen LogP) is 3.95. The molecule has 3 rings (SSSR count). The summed E-state index contributed by atoms with van der Waals surface area (Å²) in [5, 5.41) is 3.66. The number of hydrogen-bond donors (Lipinski definition) is 2. The molecule has 0 saturated carbocycles. The highest BCUT2D eigenvalue weighted by Gasteiger charge is 2.23. The molecule has 0 bridgehead atoms. The SMILES string of the molecule is COC(=O)CS(=O)(=O)c1ccc(Nc2nc(N)c(C(=O)c3c(Cl)cccc3Cl)s2)cc1. The molecule has 3 N–H and O–H groups in total. The highest BCUT2D eigenvalue weighted by molar-refractivity contribution is 7.92. The van der Waals surface area contributed by atoms with E-state index in [9.17, 15) is 18.0 Å². The molecule has 0 unspecified atom stereocenters. The van der Waals surface area contributed by atoms with Crippen molar-refractivity contribution in [3.05, 3.63) is 63.0 Å². The van der Waals surface area contributed by atoms with Crippen LogP contribution in [0.4, 0.5) is 16.6 Å². The normalized spacial score (nSPS) is 11.2. The summed E-state index contributed by atoms with van der Waals surface area (Å²) in [5.74, 6) is -2.06. The maximum Gasteiger partial charge on any atom is 0.321 e. The molecule has 162 valence electrons. The number of carbonyl (C=O) groups excluding carboxylic acids is 2. The standard InChI is InChI=1S/C19H15Cl2N3O5S2/c1-29-14(25)9-31(27,28)11-7-5-10(6-8-11)23-19-24-18(22)17(30-19)16(26)15-12(20)3-2-4-13(15)21/h2-8H,9,22H2,1H3,(H,23,24). The summed E-state index contributed by atoms with van der Waals surface area (Å²) < 4.78 is 28.7. The van der Waals surface area contributed by atoms with Crippen LogP contribution in [-0.2, 0) is 19.4 Å². The van der Waals surface area contributed by atoms with Gasteiger partial charge in [-0.15, -0.1) is 0 Å². The Balaban J connectivity index is 1.81. The zero-order valence-electron chi connectivity index (χ0n) is 15.9. The van der Waals surface area contributed by atoms with Crippen LogP contribution in [0.2, 0.25) is 10.0 Å². The maximum absolute atomic E-state index is 12.8. The van der Waals surface area contributed by atoms with E-state index in [2.05, 4.69) is 15.0 Å². The van der Waals surface area contributed by atoms with Crippen molar-refractivity contribution in [1.82, 2.24) is 4.98 Å². The lowest BCUT2D eigenvalue weighted by atomic mass is 10.1. The van der Waals surface area contributed by atoms with Gasteiger partial charge in [0.05, 0.1) is 27.6 Å². The van der Waals surface area contributed by atoms with Crippen LogP contribution in [-0.4, -0.2) is 38.0 Å². The van der Waals surface area contributed by atoms with E-state index in [1.54, 1.807) is 18.2 Å². The third-order valence-electron chi connectivity index (χ3n) is 4.05. The van der Waals surface area contributed by atoms with E-state index < -0.39 is 27.3 Å². The lowest BCUT2D eigenvalue weighted by Gasteiger charge is -2.06. The molecule has 31 heavy (non-hydrogen) atoms. The van der Waals surface area contributed by atoms with Gasteiger partial charge < -0.3 is 15.8 Å². The Morgan fingerprint density at radius 2 is 1.74 bits per heavy atom. The maximum atomic E-state index is 12.8. The number of nitrogens with two attached hydrogens (primary N) is 1. The Morgan fingerprint density at radius 3 is 2.32 bits per heavy atom. The van der Waals surface area contributed by atoms with Crippen LogP contribution in [0.3, 0.4) is 0 Å². The summed E-state index contributed by atoms with van der Waals surface area (Å²) in [6, 6.07) is 10.4. The van der Waals surface area contributed by atoms with Gasteiger partial charge in [-0.05, 0) is 36.4 Å². The Bertz CT molecular complexity index is 1240. The van der Waals surface area contributed by atoms with Crippen molar-refractivity contribution in [3.63, 3.8) is 0 Å². The fraction of sp³-hybridized carbons (Fsp3) is 0.105. The molecule has 0 amide bonds. The first-order chi connectivity index (χ1) is 14.6. The Morgan fingerprint density at radius 1 is 1.13 bits per heavy atom. The van der Waals surface area contributed by atoms with Crippen molar-refractivity contribution in [2.45, 2.75) is 4.90 Å². The highest BCUT2D eigenvalue weighted by Crippen LogP contribution is 2.34. The van der Waals surface area contributed by atoms with E-state index in [4.69, 9.17) is 28.9 Å². The molecule has 0 aliphatic rings.